The Morgan fingerprint density at radius 3 is 2.94 bits per heavy atom. The highest BCUT2D eigenvalue weighted by Gasteiger charge is 2.17. The Kier molecular flexibility index (Phi) is 4.22. The highest BCUT2D eigenvalue weighted by molar-refractivity contribution is 6.35. The van der Waals surface area contributed by atoms with Gasteiger partial charge in [0.1, 0.15) is 5.82 Å². The van der Waals surface area contributed by atoms with Gasteiger partial charge in [-0.2, -0.15) is 0 Å². The Morgan fingerprint density at radius 2 is 2.28 bits per heavy atom. The van der Waals surface area contributed by atoms with Gasteiger partial charge in [-0.05, 0) is 18.6 Å². The van der Waals surface area contributed by atoms with Gasteiger partial charge in [-0.25, -0.2) is 4.98 Å². The molecule has 1 aromatic heterocycles. The quantitative estimate of drug-likeness (QED) is 0.906. The molecule has 2 aromatic rings. The number of methoxy groups -OCH3 is 1. The van der Waals surface area contributed by atoms with E-state index < -0.39 is 0 Å². The first-order valence-corrected chi connectivity index (χ1v) is 6.46. The molecule has 18 heavy (non-hydrogen) atoms. The number of rotatable bonds is 5. The molecule has 1 atom stereocenters. The van der Waals surface area contributed by atoms with Crippen molar-refractivity contribution in [2.24, 2.45) is 5.73 Å². The van der Waals surface area contributed by atoms with Crippen LogP contribution in [0.5, 0.6) is 0 Å². The van der Waals surface area contributed by atoms with Crippen LogP contribution in [0.1, 0.15) is 25.2 Å². The molecular weight excluding hydrogens is 250 g/mol. The summed E-state index contributed by atoms with van der Waals surface area (Å²) >= 11 is 6.26. The number of ether oxygens (including phenoxy) is 1. The minimum absolute atomic E-state index is 0.231. The maximum absolute atomic E-state index is 6.26. The Morgan fingerprint density at radius 1 is 1.50 bits per heavy atom. The van der Waals surface area contributed by atoms with Crippen LogP contribution in [0.25, 0.3) is 11.0 Å². The molecule has 1 heterocycles. The first-order chi connectivity index (χ1) is 8.69. The van der Waals surface area contributed by atoms with E-state index in [-0.39, 0.29) is 6.04 Å². The molecule has 2 N–H and O–H groups in total. The Bertz CT molecular complexity index is 538. The van der Waals surface area contributed by atoms with Gasteiger partial charge >= 0.3 is 0 Å². The molecule has 0 amide bonds. The summed E-state index contributed by atoms with van der Waals surface area (Å²) in [5, 5.41) is 0.712. The summed E-state index contributed by atoms with van der Waals surface area (Å²) in [7, 11) is 1.64. The zero-order chi connectivity index (χ0) is 13.1. The molecule has 0 aliphatic carbocycles. The summed E-state index contributed by atoms with van der Waals surface area (Å²) in [5.74, 6) is 0.835. The van der Waals surface area contributed by atoms with Gasteiger partial charge in [0.05, 0.1) is 28.7 Å². The fourth-order valence-corrected chi connectivity index (χ4v) is 2.42. The summed E-state index contributed by atoms with van der Waals surface area (Å²) < 4.78 is 7.20. The Balaban J connectivity index is 2.58. The van der Waals surface area contributed by atoms with E-state index in [0.717, 1.165) is 29.8 Å². The van der Waals surface area contributed by atoms with E-state index in [1.165, 1.54) is 0 Å². The molecule has 0 aliphatic heterocycles. The molecule has 4 nitrogen and oxygen atoms in total. The van der Waals surface area contributed by atoms with E-state index in [9.17, 15) is 0 Å². The molecule has 1 aromatic carbocycles. The minimum atomic E-state index is -0.231. The topological polar surface area (TPSA) is 53.1 Å². The molecule has 0 saturated carbocycles. The number of nitrogens with zero attached hydrogens (tertiary/aromatic N) is 2. The predicted octanol–water partition coefficient (Wildman–Crippen LogP) is 2.75. The van der Waals surface area contributed by atoms with Crippen molar-refractivity contribution >= 4 is 22.6 Å². The number of aromatic nitrogens is 2. The number of aryl methyl sites for hydroxylation is 1. The van der Waals surface area contributed by atoms with Crippen molar-refractivity contribution in [3.8, 4) is 0 Å². The first-order valence-electron chi connectivity index (χ1n) is 6.08. The fraction of sp³-hybridized carbons (Fsp3) is 0.462. The van der Waals surface area contributed by atoms with Crippen molar-refractivity contribution in [1.29, 1.82) is 0 Å². The summed E-state index contributed by atoms with van der Waals surface area (Å²) in [6, 6.07) is 5.50. The molecule has 98 valence electrons. The number of hydrogen-bond acceptors (Lipinski definition) is 3. The van der Waals surface area contributed by atoms with Gasteiger partial charge in [-0.3, -0.25) is 0 Å². The lowest BCUT2D eigenvalue weighted by atomic mass is 10.3. The van der Waals surface area contributed by atoms with Crippen LogP contribution in [0.15, 0.2) is 18.2 Å². The molecule has 1 unspecified atom stereocenters. The van der Waals surface area contributed by atoms with E-state index in [1.54, 1.807) is 7.11 Å². The van der Waals surface area contributed by atoms with Crippen LogP contribution in [0, 0.1) is 0 Å². The molecule has 0 aliphatic rings. The second kappa shape index (κ2) is 5.69. The lowest BCUT2D eigenvalue weighted by Crippen LogP contribution is -2.21. The zero-order valence-corrected chi connectivity index (χ0v) is 11.4. The summed E-state index contributed by atoms with van der Waals surface area (Å²) in [6.07, 6.45) is 1.00. The molecular formula is C13H18ClN3O. The number of fused-ring (bicyclic) bond motifs is 1. The summed E-state index contributed by atoms with van der Waals surface area (Å²) in [4.78, 5) is 4.58. The van der Waals surface area contributed by atoms with Gasteiger partial charge < -0.3 is 15.0 Å². The normalized spacial score (nSPS) is 13.1. The Hall–Kier alpha value is -1.10. The molecule has 0 saturated heterocycles. The second-order valence-corrected chi connectivity index (χ2v) is 4.70. The maximum Gasteiger partial charge on any atom is 0.129 e. The monoisotopic (exact) mass is 267 g/mol. The number of halogens is 1. The van der Waals surface area contributed by atoms with Crippen molar-refractivity contribution in [3.05, 3.63) is 29.0 Å². The summed E-state index contributed by atoms with van der Waals surface area (Å²) in [5.41, 5.74) is 7.95. The zero-order valence-electron chi connectivity index (χ0n) is 10.7. The average Bonchev–Trinajstić information content (AvgIpc) is 2.70. The van der Waals surface area contributed by atoms with Crippen molar-refractivity contribution in [2.75, 3.05) is 13.7 Å². The van der Waals surface area contributed by atoms with Crippen molar-refractivity contribution in [1.82, 2.24) is 9.55 Å². The predicted molar refractivity (Wildman–Crippen MR) is 73.8 cm³/mol. The fourth-order valence-electron chi connectivity index (χ4n) is 2.15. The Labute approximate surface area is 112 Å². The van der Waals surface area contributed by atoms with E-state index in [1.807, 2.05) is 18.2 Å². The van der Waals surface area contributed by atoms with Crippen LogP contribution in [-0.2, 0) is 11.3 Å². The largest absolute Gasteiger partial charge is 0.383 e. The van der Waals surface area contributed by atoms with Crippen LogP contribution < -0.4 is 5.73 Å². The van der Waals surface area contributed by atoms with Crippen molar-refractivity contribution < 1.29 is 4.74 Å². The minimum Gasteiger partial charge on any atom is -0.383 e. The number of para-hydroxylation sites is 1. The van der Waals surface area contributed by atoms with Gasteiger partial charge in [0.15, 0.2) is 0 Å². The van der Waals surface area contributed by atoms with Gasteiger partial charge in [-0.1, -0.05) is 24.6 Å². The van der Waals surface area contributed by atoms with Crippen LogP contribution in [-0.4, -0.2) is 23.3 Å². The van der Waals surface area contributed by atoms with Crippen LogP contribution in [0.2, 0.25) is 5.02 Å². The van der Waals surface area contributed by atoms with Crippen molar-refractivity contribution in [2.45, 2.75) is 25.9 Å². The van der Waals surface area contributed by atoms with E-state index >= 15 is 0 Å². The number of benzene rings is 1. The highest BCUT2D eigenvalue weighted by atomic mass is 35.5. The van der Waals surface area contributed by atoms with Gasteiger partial charge in [0.2, 0.25) is 0 Å². The third-order valence-corrected chi connectivity index (χ3v) is 3.18. The van der Waals surface area contributed by atoms with Gasteiger partial charge in [-0.15, -0.1) is 0 Å². The number of imidazole rings is 1. The number of hydrogen-bond donors (Lipinski definition) is 1. The maximum atomic E-state index is 6.26. The standard InChI is InChI=1S/C13H18ClN3O/c1-3-7-17-12-9(14)5-4-6-11(12)16-13(17)10(15)8-18-2/h4-6,10H,3,7-8,15H2,1-2H3. The van der Waals surface area contributed by atoms with Crippen molar-refractivity contribution in [3.63, 3.8) is 0 Å². The smallest absolute Gasteiger partial charge is 0.129 e. The van der Waals surface area contributed by atoms with Gasteiger partial charge in [0.25, 0.3) is 0 Å². The van der Waals surface area contributed by atoms with Crippen LogP contribution in [0.4, 0.5) is 0 Å². The SMILES string of the molecule is CCCn1c(C(N)COC)nc2cccc(Cl)c21. The molecule has 0 spiro atoms. The molecule has 0 bridgehead atoms. The van der Waals surface area contributed by atoms with Crippen LogP contribution in [0.3, 0.4) is 0 Å². The number of nitrogens with two attached hydrogens (primary N) is 1. The van der Waals surface area contributed by atoms with E-state index in [0.29, 0.717) is 11.6 Å². The third kappa shape index (κ3) is 2.36. The second-order valence-electron chi connectivity index (χ2n) is 4.29. The first kappa shape index (κ1) is 13.3. The molecule has 5 heteroatoms. The lowest BCUT2D eigenvalue weighted by Gasteiger charge is -2.13. The van der Waals surface area contributed by atoms with E-state index in [4.69, 9.17) is 22.1 Å². The summed E-state index contributed by atoms with van der Waals surface area (Å²) in [6.45, 7) is 3.42. The van der Waals surface area contributed by atoms with Gasteiger partial charge in [0, 0.05) is 13.7 Å². The lowest BCUT2D eigenvalue weighted by molar-refractivity contribution is 0.177. The van der Waals surface area contributed by atoms with Crippen LogP contribution >= 0.6 is 11.6 Å². The molecule has 0 fully saturated rings. The average molecular weight is 268 g/mol. The molecule has 0 radical (unpaired) electrons. The molecule has 2 rings (SSSR count). The highest BCUT2D eigenvalue weighted by Crippen LogP contribution is 2.26. The third-order valence-electron chi connectivity index (χ3n) is 2.87. The van der Waals surface area contributed by atoms with E-state index in [2.05, 4.69) is 16.5 Å².